The number of nitrogens with one attached hydrogen (secondary N) is 2. The lowest BCUT2D eigenvalue weighted by Gasteiger charge is -2.18. The van der Waals surface area contributed by atoms with Crippen LogP contribution in [0.5, 0.6) is 0 Å². The average Bonchev–Trinajstić information content (AvgIpc) is 2.50. The van der Waals surface area contributed by atoms with Crippen LogP contribution in [0.3, 0.4) is 0 Å². The fourth-order valence-corrected chi connectivity index (χ4v) is 3.06. The van der Waals surface area contributed by atoms with Crippen LogP contribution in [0.4, 0.5) is 0 Å². The summed E-state index contributed by atoms with van der Waals surface area (Å²) in [6.07, 6.45) is 1.97. The zero-order valence-corrected chi connectivity index (χ0v) is 18.0. The Kier molecular flexibility index (Phi) is 11.2. The fraction of sp³-hybridized carbons (Fsp3) is 0.562. The second-order valence-corrected chi connectivity index (χ2v) is 7.43. The highest BCUT2D eigenvalue weighted by Gasteiger charge is 2.13. The lowest BCUT2D eigenvalue weighted by molar-refractivity contribution is 0.424. The smallest absolute Gasteiger partial charge is 0.211 e. The zero-order chi connectivity index (χ0) is 17.3. The number of guanidine groups is 1. The van der Waals surface area contributed by atoms with Crippen LogP contribution < -0.4 is 10.6 Å². The molecule has 0 aliphatic rings. The number of nitrogens with zero attached hydrogens (tertiary/aromatic N) is 2. The Morgan fingerprint density at radius 3 is 2.33 bits per heavy atom. The van der Waals surface area contributed by atoms with Crippen LogP contribution in [0.1, 0.15) is 24.5 Å². The van der Waals surface area contributed by atoms with Gasteiger partial charge in [-0.15, -0.1) is 24.0 Å². The number of sulfonamides is 1. The minimum absolute atomic E-state index is 0. The summed E-state index contributed by atoms with van der Waals surface area (Å²) in [7, 11) is -1.39. The summed E-state index contributed by atoms with van der Waals surface area (Å²) in [6, 6.07) is 8.33. The van der Waals surface area contributed by atoms with E-state index in [9.17, 15) is 8.42 Å². The van der Waals surface area contributed by atoms with Crippen LogP contribution in [0.2, 0.25) is 0 Å². The van der Waals surface area contributed by atoms with Crippen LogP contribution in [-0.2, 0) is 16.6 Å². The molecule has 0 fully saturated rings. The van der Waals surface area contributed by atoms with Gasteiger partial charge in [-0.1, -0.05) is 36.8 Å². The van der Waals surface area contributed by atoms with Gasteiger partial charge in [0.15, 0.2) is 5.96 Å². The number of halogens is 1. The Balaban J connectivity index is 0.00000529. The van der Waals surface area contributed by atoms with Crippen LogP contribution in [-0.4, -0.2) is 51.6 Å². The maximum absolute atomic E-state index is 11.5. The molecular formula is C16H29IN4O2S. The zero-order valence-electron chi connectivity index (χ0n) is 14.9. The minimum atomic E-state index is -3.11. The molecule has 1 aromatic carbocycles. The van der Waals surface area contributed by atoms with Crippen molar-refractivity contribution in [1.82, 2.24) is 14.9 Å². The molecule has 1 rings (SSSR count). The first kappa shape index (κ1) is 23.1. The normalized spacial score (nSPS) is 12.0. The third kappa shape index (κ3) is 8.84. The molecule has 0 atom stereocenters. The van der Waals surface area contributed by atoms with E-state index in [1.165, 1.54) is 21.7 Å². The molecule has 0 aromatic heterocycles. The summed E-state index contributed by atoms with van der Waals surface area (Å²) >= 11 is 0. The standard InChI is InChI=1S/C16H28N4O2S.HI/c1-5-20(23(4,21)22)12-6-11-18-16(17-3)19-13-15-9-7-14(2)8-10-15;/h7-10H,5-6,11-13H2,1-4H3,(H2,17,18,19);1H. The molecule has 0 amide bonds. The largest absolute Gasteiger partial charge is 0.356 e. The van der Waals surface area contributed by atoms with E-state index in [0.717, 1.165) is 6.42 Å². The van der Waals surface area contributed by atoms with E-state index in [-0.39, 0.29) is 24.0 Å². The number of hydrogen-bond acceptors (Lipinski definition) is 3. The van der Waals surface area contributed by atoms with Gasteiger partial charge in [0, 0.05) is 33.2 Å². The number of hydrogen-bond donors (Lipinski definition) is 2. The number of aliphatic imine (C=N–C) groups is 1. The number of aryl methyl sites for hydroxylation is 1. The maximum Gasteiger partial charge on any atom is 0.211 e. The third-order valence-electron chi connectivity index (χ3n) is 3.50. The van der Waals surface area contributed by atoms with Crippen molar-refractivity contribution in [2.75, 3.05) is 32.9 Å². The molecule has 0 bridgehead atoms. The molecule has 138 valence electrons. The first-order chi connectivity index (χ1) is 10.9. The van der Waals surface area contributed by atoms with Gasteiger partial charge in [-0.3, -0.25) is 4.99 Å². The molecular weight excluding hydrogens is 439 g/mol. The van der Waals surface area contributed by atoms with Crippen molar-refractivity contribution in [2.24, 2.45) is 4.99 Å². The lowest BCUT2D eigenvalue weighted by atomic mass is 10.1. The highest BCUT2D eigenvalue weighted by atomic mass is 127. The summed E-state index contributed by atoms with van der Waals surface area (Å²) < 4.78 is 24.5. The summed E-state index contributed by atoms with van der Waals surface area (Å²) in [5.74, 6) is 0.716. The predicted octanol–water partition coefficient (Wildman–Crippen LogP) is 1.95. The average molecular weight is 468 g/mol. The van der Waals surface area contributed by atoms with Gasteiger partial charge in [0.05, 0.1) is 6.26 Å². The molecule has 6 nitrogen and oxygen atoms in total. The van der Waals surface area contributed by atoms with E-state index in [0.29, 0.717) is 32.1 Å². The van der Waals surface area contributed by atoms with Gasteiger partial charge < -0.3 is 10.6 Å². The second kappa shape index (κ2) is 11.6. The molecule has 24 heavy (non-hydrogen) atoms. The summed E-state index contributed by atoms with van der Waals surface area (Å²) in [5.41, 5.74) is 2.43. The Labute approximate surface area is 163 Å². The van der Waals surface area contributed by atoms with Crippen molar-refractivity contribution >= 4 is 40.0 Å². The Morgan fingerprint density at radius 2 is 1.83 bits per heavy atom. The highest BCUT2D eigenvalue weighted by molar-refractivity contribution is 14.0. The Hall–Kier alpha value is -0.870. The van der Waals surface area contributed by atoms with Crippen molar-refractivity contribution in [3.63, 3.8) is 0 Å². The van der Waals surface area contributed by atoms with Crippen molar-refractivity contribution in [3.05, 3.63) is 35.4 Å². The SMILES string of the molecule is CCN(CCCNC(=NC)NCc1ccc(C)cc1)S(C)(=O)=O.I. The van der Waals surface area contributed by atoms with Gasteiger partial charge in [-0.05, 0) is 18.9 Å². The van der Waals surface area contributed by atoms with Crippen molar-refractivity contribution in [3.8, 4) is 0 Å². The van der Waals surface area contributed by atoms with Gasteiger partial charge in [0.1, 0.15) is 0 Å². The van der Waals surface area contributed by atoms with E-state index >= 15 is 0 Å². The van der Waals surface area contributed by atoms with Gasteiger partial charge >= 0.3 is 0 Å². The van der Waals surface area contributed by atoms with E-state index in [4.69, 9.17) is 0 Å². The monoisotopic (exact) mass is 468 g/mol. The minimum Gasteiger partial charge on any atom is -0.356 e. The molecule has 1 aromatic rings. The lowest BCUT2D eigenvalue weighted by Crippen LogP contribution is -2.39. The molecule has 0 saturated carbocycles. The Bertz CT molecular complexity index is 603. The topological polar surface area (TPSA) is 73.8 Å². The first-order valence-electron chi connectivity index (χ1n) is 7.82. The summed E-state index contributed by atoms with van der Waals surface area (Å²) in [4.78, 5) is 4.17. The van der Waals surface area contributed by atoms with E-state index in [1.807, 2.05) is 6.92 Å². The fourth-order valence-electron chi connectivity index (χ4n) is 2.13. The molecule has 0 aliphatic heterocycles. The van der Waals surface area contributed by atoms with E-state index < -0.39 is 10.0 Å². The van der Waals surface area contributed by atoms with Crippen molar-refractivity contribution in [1.29, 1.82) is 0 Å². The first-order valence-corrected chi connectivity index (χ1v) is 9.66. The van der Waals surface area contributed by atoms with E-state index in [1.54, 1.807) is 7.05 Å². The van der Waals surface area contributed by atoms with Gasteiger partial charge in [-0.2, -0.15) is 0 Å². The molecule has 0 unspecified atom stereocenters. The highest BCUT2D eigenvalue weighted by Crippen LogP contribution is 2.02. The number of rotatable bonds is 8. The molecule has 8 heteroatoms. The number of benzene rings is 1. The van der Waals surface area contributed by atoms with Gasteiger partial charge in [0.2, 0.25) is 10.0 Å². The van der Waals surface area contributed by atoms with Crippen molar-refractivity contribution < 1.29 is 8.42 Å². The maximum atomic E-state index is 11.5. The van der Waals surface area contributed by atoms with Crippen LogP contribution in [0.25, 0.3) is 0 Å². The van der Waals surface area contributed by atoms with Crippen LogP contribution in [0, 0.1) is 6.92 Å². The predicted molar refractivity (Wildman–Crippen MR) is 112 cm³/mol. The summed E-state index contributed by atoms with van der Waals surface area (Å²) in [5, 5.41) is 6.44. The van der Waals surface area contributed by atoms with Crippen LogP contribution >= 0.6 is 24.0 Å². The van der Waals surface area contributed by atoms with Gasteiger partial charge in [-0.25, -0.2) is 12.7 Å². The quantitative estimate of drug-likeness (QED) is 0.265. The third-order valence-corrected chi connectivity index (χ3v) is 4.88. The van der Waals surface area contributed by atoms with Crippen molar-refractivity contribution in [2.45, 2.75) is 26.8 Å². The molecule has 2 N–H and O–H groups in total. The second-order valence-electron chi connectivity index (χ2n) is 5.45. The Morgan fingerprint density at radius 1 is 1.21 bits per heavy atom. The molecule has 0 saturated heterocycles. The molecule has 0 aliphatic carbocycles. The molecule has 0 radical (unpaired) electrons. The van der Waals surface area contributed by atoms with E-state index in [2.05, 4.69) is 46.8 Å². The molecule has 0 spiro atoms. The van der Waals surface area contributed by atoms with Crippen LogP contribution in [0.15, 0.2) is 29.3 Å². The molecule has 0 heterocycles. The van der Waals surface area contributed by atoms with Gasteiger partial charge in [0.25, 0.3) is 0 Å². The summed E-state index contributed by atoms with van der Waals surface area (Å²) in [6.45, 7) is 6.28.